The van der Waals surface area contributed by atoms with Gasteiger partial charge in [0.25, 0.3) is 0 Å². The standard InChI is InChI=1S/C33H25OP/c1-35(34,26-16-6-3-7-17-26)27-18-12-15-25(23-27)33-30-21-10-8-19-28(30)32(24-13-4-2-5-14-24)29-20-9-11-22-31(29)33/h2-23H,1H3. The van der Waals surface area contributed by atoms with Gasteiger partial charge in [0.2, 0.25) is 0 Å². The van der Waals surface area contributed by atoms with E-state index < -0.39 is 7.14 Å². The molecule has 0 aliphatic carbocycles. The van der Waals surface area contributed by atoms with Gasteiger partial charge in [-0.05, 0) is 56.5 Å². The molecule has 0 amide bonds. The van der Waals surface area contributed by atoms with Crippen LogP contribution >= 0.6 is 7.14 Å². The summed E-state index contributed by atoms with van der Waals surface area (Å²) in [6, 6.07) is 46.0. The lowest BCUT2D eigenvalue weighted by molar-refractivity contribution is 0.590. The van der Waals surface area contributed by atoms with Crippen molar-refractivity contribution in [3.63, 3.8) is 0 Å². The van der Waals surface area contributed by atoms with Gasteiger partial charge in [0.1, 0.15) is 7.14 Å². The highest BCUT2D eigenvalue weighted by Gasteiger charge is 2.22. The van der Waals surface area contributed by atoms with Gasteiger partial charge in [0, 0.05) is 10.6 Å². The lowest BCUT2D eigenvalue weighted by Gasteiger charge is -2.19. The molecule has 35 heavy (non-hydrogen) atoms. The van der Waals surface area contributed by atoms with Gasteiger partial charge >= 0.3 is 0 Å². The Hall–Kier alpha value is -3.93. The Balaban J connectivity index is 1.66. The molecule has 0 aliphatic heterocycles. The number of benzene rings is 6. The van der Waals surface area contributed by atoms with Crippen LogP contribution in [0.15, 0.2) is 133 Å². The van der Waals surface area contributed by atoms with E-state index in [9.17, 15) is 4.57 Å². The van der Waals surface area contributed by atoms with Crippen molar-refractivity contribution in [2.24, 2.45) is 0 Å². The van der Waals surface area contributed by atoms with E-state index in [0.29, 0.717) is 0 Å². The van der Waals surface area contributed by atoms with Gasteiger partial charge in [-0.3, -0.25) is 0 Å². The van der Waals surface area contributed by atoms with E-state index in [1.54, 1.807) is 0 Å². The van der Waals surface area contributed by atoms with Crippen LogP contribution in [0.3, 0.4) is 0 Å². The SMILES string of the molecule is CP(=O)(c1ccccc1)c1cccc(-c2c3ccccc3c(-c3ccccc3)c3ccccc23)c1. The summed E-state index contributed by atoms with van der Waals surface area (Å²) in [6.07, 6.45) is 0. The number of hydrogen-bond acceptors (Lipinski definition) is 1. The second kappa shape index (κ2) is 8.69. The molecule has 0 radical (unpaired) electrons. The molecule has 0 aliphatic rings. The number of rotatable bonds is 4. The molecule has 1 atom stereocenters. The van der Waals surface area contributed by atoms with E-state index in [4.69, 9.17) is 0 Å². The molecule has 0 saturated carbocycles. The fraction of sp³-hybridized carbons (Fsp3) is 0.0303. The monoisotopic (exact) mass is 468 g/mol. The van der Waals surface area contributed by atoms with Crippen molar-refractivity contribution in [1.82, 2.24) is 0 Å². The lowest BCUT2D eigenvalue weighted by Crippen LogP contribution is -2.14. The average Bonchev–Trinajstić information content (AvgIpc) is 2.92. The first-order valence-corrected chi connectivity index (χ1v) is 14.0. The highest BCUT2D eigenvalue weighted by Crippen LogP contribution is 2.45. The minimum Gasteiger partial charge on any atom is -0.314 e. The summed E-state index contributed by atoms with van der Waals surface area (Å²) in [5.41, 5.74) is 4.74. The predicted octanol–water partition coefficient (Wildman–Crippen LogP) is 8.27. The predicted molar refractivity (Wildman–Crippen MR) is 152 cm³/mol. The molecule has 0 aromatic heterocycles. The summed E-state index contributed by atoms with van der Waals surface area (Å²) in [5, 5.41) is 6.61. The van der Waals surface area contributed by atoms with E-state index >= 15 is 0 Å². The van der Waals surface area contributed by atoms with Crippen LogP contribution < -0.4 is 10.6 Å². The highest BCUT2D eigenvalue weighted by molar-refractivity contribution is 7.78. The molecule has 1 nitrogen and oxygen atoms in total. The average molecular weight is 469 g/mol. The minimum atomic E-state index is -2.72. The van der Waals surface area contributed by atoms with Gasteiger partial charge in [0.15, 0.2) is 0 Å². The van der Waals surface area contributed by atoms with Gasteiger partial charge < -0.3 is 4.57 Å². The van der Waals surface area contributed by atoms with E-state index in [1.165, 1.54) is 38.2 Å². The van der Waals surface area contributed by atoms with Gasteiger partial charge in [-0.15, -0.1) is 0 Å². The molecule has 0 fully saturated rings. The lowest BCUT2D eigenvalue weighted by atomic mass is 9.86. The zero-order valence-corrected chi connectivity index (χ0v) is 20.5. The quantitative estimate of drug-likeness (QED) is 0.188. The van der Waals surface area contributed by atoms with Crippen LogP contribution in [0.4, 0.5) is 0 Å². The largest absolute Gasteiger partial charge is 0.314 e. The summed E-state index contributed by atoms with van der Waals surface area (Å²) in [6.45, 7) is 1.87. The Kier molecular flexibility index (Phi) is 5.36. The third-order valence-corrected chi connectivity index (χ3v) is 9.42. The topological polar surface area (TPSA) is 17.1 Å². The second-order valence-corrected chi connectivity index (χ2v) is 11.9. The number of fused-ring (bicyclic) bond motifs is 2. The van der Waals surface area contributed by atoms with Crippen LogP contribution in [0.2, 0.25) is 0 Å². The Morgan fingerprint density at radius 1 is 0.429 bits per heavy atom. The van der Waals surface area contributed by atoms with Crippen LogP contribution in [-0.2, 0) is 4.57 Å². The molecule has 0 spiro atoms. The Labute approximate surface area is 206 Å². The van der Waals surface area contributed by atoms with Crippen molar-refractivity contribution < 1.29 is 4.57 Å². The summed E-state index contributed by atoms with van der Waals surface area (Å²) < 4.78 is 14.0. The molecule has 0 heterocycles. The van der Waals surface area contributed by atoms with Crippen molar-refractivity contribution in [2.45, 2.75) is 0 Å². The second-order valence-electron chi connectivity index (χ2n) is 9.02. The zero-order valence-electron chi connectivity index (χ0n) is 19.6. The molecule has 0 bridgehead atoms. The fourth-order valence-corrected chi connectivity index (χ4v) is 6.94. The molecule has 0 saturated heterocycles. The molecular weight excluding hydrogens is 443 g/mol. The molecule has 2 heteroatoms. The maximum Gasteiger partial charge on any atom is 0.140 e. The minimum absolute atomic E-state index is 0.876. The summed E-state index contributed by atoms with van der Waals surface area (Å²) in [4.78, 5) is 0. The van der Waals surface area contributed by atoms with Crippen LogP contribution in [0.1, 0.15) is 0 Å². The zero-order chi connectivity index (χ0) is 23.8. The molecule has 6 aromatic carbocycles. The summed E-state index contributed by atoms with van der Waals surface area (Å²) in [5.74, 6) is 0. The maximum atomic E-state index is 14.0. The van der Waals surface area contributed by atoms with Crippen molar-refractivity contribution >= 4 is 39.3 Å². The van der Waals surface area contributed by atoms with Crippen LogP contribution in [0, 0.1) is 0 Å². The van der Waals surface area contributed by atoms with Crippen molar-refractivity contribution in [2.75, 3.05) is 6.66 Å². The molecular formula is C33H25OP. The Morgan fingerprint density at radius 2 is 0.829 bits per heavy atom. The van der Waals surface area contributed by atoms with Gasteiger partial charge in [0.05, 0.1) is 0 Å². The normalized spacial score (nSPS) is 13.1. The van der Waals surface area contributed by atoms with Crippen molar-refractivity contribution in [1.29, 1.82) is 0 Å². The first-order chi connectivity index (χ1) is 17.1. The first kappa shape index (κ1) is 21.6. The van der Waals surface area contributed by atoms with E-state index in [-0.39, 0.29) is 0 Å². The Morgan fingerprint density at radius 3 is 1.37 bits per heavy atom. The smallest absolute Gasteiger partial charge is 0.140 e. The third-order valence-electron chi connectivity index (χ3n) is 6.87. The summed E-state index contributed by atoms with van der Waals surface area (Å²) >= 11 is 0. The summed E-state index contributed by atoms with van der Waals surface area (Å²) in [7, 11) is -2.72. The number of hydrogen-bond donors (Lipinski definition) is 0. The van der Waals surface area contributed by atoms with E-state index in [1.807, 2.05) is 49.1 Å². The van der Waals surface area contributed by atoms with Gasteiger partial charge in [-0.1, -0.05) is 127 Å². The fourth-order valence-electron chi connectivity index (χ4n) is 5.14. The Bertz CT molecular complexity index is 1660. The molecule has 1 unspecified atom stereocenters. The maximum absolute atomic E-state index is 14.0. The molecule has 0 N–H and O–H groups in total. The van der Waals surface area contributed by atoms with E-state index in [2.05, 4.69) is 91.0 Å². The first-order valence-electron chi connectivity index (χ1n) is 11.9. The van der Waals surface area contributed by atoms with Crippen LogP contribution in [0.5, 0.6) is 0 Å². The molecule has 6 rings (SSSR count). The van der Waals surface area contributed by atoms with Crippen LogP contribution in [0.25, 0.3) is 43.8 Å². The van der Waals surface area contributed by atoms with Crippen LogP contribution in [-0.4, -0.2) is 6.66 Å². The molecule has 6 aromatic rings. The third kappa shape index (κ3) is 3.70. The van der Waals surface area contributed by atoms with E-state index in [0.717, 1.165) is 16.2 Å². The van der Waals surface area contributed by atoms with Gasteiger partial charge in [-0.2, -0.15) is 0 Å². The van der Waals surface area contributed by atoms with Gasteiger partial charge in [-0.25, -0.2) is 0 Å². The van der Waals surface area contributed by atoms with Crippen molar-refractivity contribution in [3.8, 4) is 22.3 Å². The molecule has 168 valence electrons. The van der Waals surface area contributed by atoms with Crippen molar-refractivity contribution in [3.05, 3.63) is 133 Å². The highest BCUT2D eigenvalue weighted by atomic mass is 31.2.